The van der Waals surface area contributed by atoms with Gasteiger partial charge in [0.2, 0.25) is 11.9 Å². The molecule has 2 atom stereocenters. The molecule has 0 bridgehead atoms. The molecule has 1 aromatic heterocycles. The molecule has 8 heteroatoms. The van der Waals surface area contributed by atoms with Crippen LogP contribution in [-0.2, 0) is 20.4 Å². The number of anilines is 1. The summed E-state index contributed by atoms with van der Waals surface area (Å²) in [6, 6.07) is 0. The van der Waals surface area contributed by atoms with Crippen LogP contribution in [0.15, 0.2) is 6.20 Å². The van der Waals surface area contributed by atoms with Crippen LogP contribution < -0.4 is 5.32 Å². The average Bonchev–Trinajstić information content (AvgIpc) is 3.27. The SMILES string of the molecule is CC(C)C(=O)N1C[C@@H]2c3nc(NCC4CC4)ncc3CS(=O)(=O)[C@@H]2C1. The third-order valence-electron chi connectivity index (χ3n) is 5.38. The summed E-state index contributed by atoms with van der Waals surface area (Å²) in [5, 5.41) is 2.71. The smallest absolute Gasteiger partial charge is 0.225 e. The fourth-order valence-electron chi connectivity index (χ4n) is 3.76. The van der Waals surface area contributed by atoms with E-state index in [0.717, 1.165) is 12.2 Å². The number of rotatable bonds is 4. The molecule has 7 nitrogen and oxygen atoms in total. The fourth-order valence-corrected chi connectivity index (χ4v) is 5.76. The first-order valence-corrected chi connectivity index (χ1v) is 10.7. The van der Waals surface area contributed by atoms with Crippen LogP contribution in [0.25, 0.3) is 0 Å². The van der Waals surface area contributed by atoms with Gasteiger partial charge in [0.1, 0.15) is 0 Å². The molecule has 0 aromatic carbocycles. The van der Waals surface area contributed by atoms with Crippen LogP contribution in [0.1, 0.15) is 43.9 Å². The fraction of sp³-hybridized carbons (Fsp3) is 0.706. The van der Waals surface area contributed by atoms with E-state index in [4.69, 9.17) is 0 Å². The standard InChI is InChI=1S/C17H24N4O3S/c1-10(2)16(22)21-7-13-14(8-21)25(23,24)9-12-6-19-17(20-15(12)13)18-5-11-3-4-11/h6,10-11,13-14H,3-5,7-9H2,1-2H3,(H,18,19,20)/t13-,14+/m0/s1. The van der Waals surface area contributed by atoms with Crippen LogP contribution >= 0.6 is 0 Å². The number of fused-ring (bicyclic) bond motifs is 3. The minimum atomic E-state index is -3.29. The molecule has 25 heavy (non-hydrogen) atoms. The molecular formula is C17H24N4O3S. The van der Waals surface area contributed by atoms with Crippen molar-refractivity contribution in [1.82, 2.24) is 14.9 Å². The number of nitrogens with one attached hydrogen (secondary N) is 1. The highest BCUT2D eigenvalue weighted by molar-refractivity contribution is 7.91. The lowest BCUT2D eigenvalue weighted by Gasteiger charge is -2.26. The van der Waals surface area contributed by atoms with Gasteiger partial charge in [-0.25, -0.2) is 18.4 Å². The number of hydrogen-bond donors (Lipinski definition) is 1. The van der Waals surface area contributed by atoms with Crippen molar-refractivity contribution in [2.24, 2.45) is 11.8 Å². The van der Waals surface area contributed by atoms with Crippen molar-refractivity contribution >= 4 is 21.7 Å². The van der Waals surface area contributed by atoms with Crippen LogP contribution in [0, 0.1) is 11.8 Å². The summed E-state index contributed by atoms with van der Waals surface area (Å²) in [6.07, 6.45) is 4.12. The molecule has 136 valence electrons. The van der Waals surface area contributed by atoms with E-state index in [-0.39, 0.29) is 30.0 Å². The van der Waals surface area contributed by atoms with Crippen molar-refractivity contribution < 1.29 is 13.2 Å². The third kappa shape index (κ3) is 3.12. The molecular weight excluding hydrogens is 340 g/mol. The molecule has 1 aliphatic carbocycles. The second kappa shape index (κ2) is 5.93. The van der Waals surface area contributed by atoms with Crippen LogP contribution in [0.4, 0.5) is 5.95 Å². The summed E-state index contributed by atoms with van der Waals surface area (Å²) in [5.41, 5.74) is 1.48. The Morgan fingerprint density at radius 1 is 1.36 bits per heavy atom. The predicted molar refractivity (Wildman–Crippen MR) is 93.8 cm³/mol. The number of sulfone groups is 1. The maximum atomic E-state index is 12.7. The van der Waals surface area contributed by atoms with Crippen molar-refractivity contribution in [3.63, 3.8) is 0 Å². The summed E-state index contributed by atoms with van der Waals surface area (Å²) < 4.78 is 25.3. The van der Waals surface area contributed by atoms with E-state index in [1.54, 1.807) is 11.1 Å². The predicted octanol–water partition coefficient (Wildman–Crippen LogP) is 1.18. The highest BCUT2D eigenvalue weighted by atomic mass is 32.2. The van der Waals surface area contributed by atoms with Gasteiger partial charge < -0.3 is 10.2 Å². The molecule has 4 rings (SSSR count). The molecule has 1 aromatic rings. The zero-order valence-corrected chi connectivity index (χ0v) is 15.4. The lowest BCUT2D eigenvalue weighted by molar-refractivity contribution is -0.133. The van der Waals surface area contributed by atoms with E-state index in [1.165, 1.54) is 12.8 Å². The molecule has 0 spiro atoms. The second-order valence-corrected chi connectivity index (χ2v) is 10.00. The summed E-state index contributed by atoms with van der Waals surface area (Å²) in [4.78, 5) is 23.0. The highest BCUT2D eigenvalue weighted by Gasteiger charge is 2.48. The van der Waals surface area contributed by atoms with Crippen molar-refractivity contribution in [3.8, 4) is 0 Å². The Morgan fingerprint density at radius 3 is 2.80 bits per heavy atom. The summed E-state index contributed by atoms with van der Waals surface area (Å²) >= 11 is 0. The Labute approximate surface area is 148 Å². The topological polar surface area (TPSA) is 92.3 Å². The maximum absolute atomic E-state index is 12.7. The average molecular weight is 364 g/mol. The normalized spacial score (nSPS) is 27.1. The van der Waals surface area contributed by atoms with E-state index >= 15 is 0 Å². The number of carbonyl (C=O) groups is 1. The summed E-state index contributed by atoms with van der Waals surface area (Å²) in [6.45, 7) is 5.25. The van der Waals surface area contributed by atoms with E-state index in [2.05, 4.69) is 15.3 Å². The van der Waals surface area contributed by atoms with Gasteiger partial charge in [-0.05, 0) is 18.8 Å². The number of nitrogens with zero attached hydrogens (tertiary/aromatic N) is 3. The van der Waals surface area contributed by atoms with Crippen molar-refractivity contribution in [1.29, 1.82) is 0 Å². The molecule has 0 unspecified atom stereocenters. The van der Waals surface area contributed by atoms with Gasteiger partial charge in [0.25, 0.3) is 0 Å². The number of hydrogen-bond acceptors (Lipinski definition) is 6. The number of likely N-dealkylation sites (tertiary alicyclic amines) is 1. The summed E-state index contributed by atoms with van der Waals surface area (Å²) in [5.74, 6) is 0.864. The Kier molecular flexibility index (Phi) is 3.97. The van der Waals surface area contributed by atoms with Crippen molar-refractivity contribution in [2.45, 2.75) is 43.6 Å². The third-order valence-corrected chi connectivity index (χ3v) is 7.50. The molecule has 1 saturated carbocycles. The van der Waals surface area contributed by atoms with Crippen molar-refractivity contribution in [3.05, 3.63) is 17.5 Å². The largest absolute Gasteiger partial charge is 0.354 e. The van der Waals surface area contributed by atoms with Gasteiger partial charge in [-0.15, -0.1) is 0 Å². The van der Waals surface area contributed by atoms with E-state index in [9.17, 15) is 13.2 Å². The van der Waals surface area contributed by atoms with Gasteiger partial charge in [-0.2, -0.15) is 0 Å². The first-order chi connectivity index (χ1) is 11.8. The van der Waals surface area contributed by atoms with E-state index in [1.807, 2.05) is 13.8 Å². The molecule has 2 fully saturated rings. The number of aromatic nitrogens is 2. The van der Waals surface area contributed by atoms with Gasteiger partial charge >= 0.3 is 0 Å². The molecule has 1 saturated heterocycles. The molecule has 3 aliphatic rings. The molecule has 0 radical (unpaired) electrons. The van der Waals surface area contributed by atoms with Crippen molar-refractivity contribution in [2.75, 3.05) is 25.0 Å². The van der Waals surface area contributed by atoms with Crippen LogP contribution in [0.5, 0.6) is 0 Å². The van der Waals surface area contributed by atoms with Gasteiger partial charge in [-0.3, -0.25) is 4.79 Å². The number of amides is 1. The van der Waals surface area contributed by atoms with E-state index in [0.29, 0.717) is 24.0 Å². The first kappa shape index (κ1) is 16.8. The van der Waals surface area contributed by atoms with Crippen LogP contribution in [-0.4, -0.2) is 54.1 Å². The van der Waals surface area contributed by atoms with Gasteiger partial charge in [-0.1, -0.05) is 13.8 Å². The lowest BCUT2D eigenvalue weighted by Crippen LogP contribution is -2.36. The molecule has 2 aliphatic heterocycles. The molecule has 3 heterocycles. The lowest BCUT2D eigenvalue weighted by atomic mass is 10.00. The monoisotopic (exact) mass is 364 g/mol. The molecule has 1 amide bonds. The second-order valence-electron chi connectivity index (χ2n) is 7.78. The Morgan fingerprint density at radius 2 is 2.12 bits per heavy atom. The first-order valence-electron chi connectivity index (χ1n) is 8.95. The van der Waals surface area contributed by atoms with Gasteiger partial charge in [0.05, 0.1) is 16.7 Å². The zero-order chi connectivity index (χ0) is 17.8. The van der Waals surface area contributed by atoms with Gasteiger partial charge in [0, 0.05) is 43.2 Å². The Bertz CT molecular complexity index is 804. The van der Waals surface area contributed by atoms with E-state index < -0.39 is 15.1 Å². The quantitative estimate of drug-likeness (QED) is 0.862. The minimum absolute atomic E-state index is 0.00675. The summed E-state index contributed by atoms with van der Waals surface area (Å²) in [7, 11) is -3.29. The Hall–Kier alpha value is -1.70. The zero-order valence-electron chi connectivity index (χ0n) is 14.6. The number of carbonyl (C=O) groups excluding carboxylic acids is 1. The van der Waals surface area contributed by atoms with Crippen LogP contribution in [0.2, 0.25) is 0 Å². The maximum Gasteiger partial charge on any atom is 0.225 e. The highest BCUT2D eigenvalue weighted by Crippen LogP contribution is 2.39. The van der Waals surface area contributed by atoms with Crippen LogP contribution in [0.3, 0.4) is 0 Å². The molecule has 1 N–H and O–H groups in total. The van der Waals surface area contributed by atoms with Gasteiger partial charge in [0.15, 0.2) is 9.84 Å². The Balaban J connectivity index is 1.63. The minimum Gasteiger partial charge on any atom is -0.354 e.